The summed E-state index contributed by atoms with van der Waals surface area (Å²) in [5.41, 5.74) is 0.462. The summed E-state index contributed by atoms with van der Waals surface area (Å²) in [5, 5.41) is 4.55. The third kappa shape index (κ3) is 5.62. The molecule has 0 bridgehead atoms. The molecule has 1 atom stereocenters. The fourth-order valence-electron chi connectivity index (χ4n) is 1.57. The normalized spacial score (nSPS) is 11.3. The van der Waals surface area contributed by atoms with Gasteiger partial charge in [-0.2, -0.15) is 0 Å². The van der Waals surface area contributed by atoms with Crippen molar-refractivity contribution in [1.82, 2.24) is 10.6 Å². The van der Waals surface area contributed by atoms with Gasteiger partial charge in [0.1, 0.15) is 6.61 Å². The molecule has 0 aliphatic carbocycles. The second-order valence-corrected chi connectivity index (χ2v) is 4.06. The number of nitrogens with one attached hydrogen (secondary N) is 2. The first-order valence-corrected chi connectivity index (χ1v) is 6.40. The topological polar surface area (TPSA) is 93.7 Å². The van der Waals surface area contributed by atoms with Crippen molar-refractivity contribution in [3.05, 3.63) is 35.9 Å². The van der Waals surface area contributed by atoms with E-state index in [2.05, 4.69) is 15.4 Å². The van der Waals surface area contributed by atoms with E-state index in [1.165, 1.54) is 7.11 Å². The number of methoxy groups -OCH3 is 1. The number of esters is 1. The molecule has 0 spiro atoms. The van der Waals surface area contributed by atoms with Crippen molar-refractivity contribution < 1.29 is 23.9 Å². The van der Waals surface area contributed by atoms with Gasteiger partial charge in [0.15, 0.2) is 0 Å². The van der Waals surface area contributed by atoms with Crippen LogP contribution in [0.3, 0.4) is 0 Å². The van der Waals surface area contributed by atoms with Crippen LogP contribution in [0, 0.1) is 0 Å². The van der Waals surface area contributed by atoms with E-state index < -0.39 is 24.0 Å². The van der Waals surface area contributed by atoms with Crippen LogP contribution in [0.1, 0.15) is 18.6 Å². The minimum Gasteiger partial charge on any atom is -0.446 e. The van der Waals surface area contributed by atoms with E-state index in [-0.39, 0.29) is 6.61 Å². The van der Waals surface area contributed by atoms with Crippen molar-refractivity contribution in [3.8, 4) is 0 Å². The molecule has 0 radical (unpaired) electrons. The van der Waals surface area contributed by atoms with Gasteiger partial charge < -0.3 is 14.8 Å². The second-order valence-electron chi connectivity index (χ2n) is 4.06. The zero-order valence-electron chi connectivity index (χ0n) is 11.9. The number of carbonyl (C=O) groups excluding carboxylic acids is 3. The Morgan fingerprint density at radius 1 is 1.19 bits per heavy atom. The molecule has 21 heavy (non-hydrogen) atoms. The van der Waals surface area contributed by atoms with Gasteiger partial charge in [-0.1, -0.05) is 30.3 Å². The van der Waals surface area contributed by atoms with Gasteiger partial charge in [-0.25, -0.2) is 9.59 Å². The molecule has 0 unspecified atom stereocenters. The molecule has 1 aromatic rings. The largest absolute Gasteiger partial charge is 0.446 e. The van der Waals surface area contributed by atoms with Crippen LogP contribution in [0.25, 0.3) is 0 Å². The molecule has 0 heterocycles. The van der Waals surface area contributed by atoms with Gasteiger partial charge in [0, 0.05) is 19.2 Å². The fraction of sp³-hybridized carbons (Fsp3) is 0.357. The maximum atomic E-state index is 12.1. The van der Waals surface area contributed by atoms with Gasteiger partial charge in [-0.05, 0) is 6.92 Å². The maximum absolute atomic E-state index is 12.1. The highest BCUT2D eigenvalue weighted by atomic mass is 16.6. The highest BCUT2D eigenvalue weighted by Gasteiger charge is 2.26. The monoisotopic (exact) mass is 294 g/mol. The van der Waals surface area contributed by atoms with Crippen molar-refractivity contribution >= 4 is 17.9 Å². The Bertz CT molecular complexity index is 489. The molecule has 0 aliphatic rings. The zero-order valence-corrected chi connectivity index (χ0v) is 11.9. The molecule has 7 heteroatoms. The number of amides is 3. The van der Waals surface area contributed by atoms with Crippen molar-refractivity contribution in [2.24, 2.45) is 0 Å². The number of rotatable bonds is 6. The van der Waals surface area contributed by atoms with Gasteiger partial charge in [-0.3, -0.25) is 10.1 Å². The quantitative estimate of drug-likeness (QED) is 0.756. The Morgan fingerprint density at radius 2 is 1.86 bits per heavy atom. The minimum atomic E-state index is -1.21. The van der Waals surface area contributed by atoms with Crippen LogP contribution < -0.4 is 10.6 Å². The lowest BCUT2D eigenvalue weighted by molar-refractivity contribution is -0.159. The molecule has 1 rings (SSSR count). The number of ether oxygens (including phenoxy) is 2. The number of urea groups is 1. The summed E-state index contributed by atoms with van der Waals surface area (Å²) in [4.78, 5) is 35.0. The number of imide groups is 1. The molecule has 0 saturated carbocycles. The molecule has 0 saturated heterocycles. The third-order valence-corrected chi connectivity index (χ3v) is 2.43. The first kappa shape index (κ1) is 16.6. The van der Waals surface area contributed by atoms with Crippen LogP contribution in [0.5, 0.6) is 0 Å². The minimum absolute atomic E-state index is 0.280. The van der Waals surface area contributed by atoms with E-state index in [1.54, 1.807) is 37.3 Å². The maximum Gasteiger partial charge on any atom is 0.333 e. The zero-order chi connectivity index (χ0) is 15.7. The standard InChI is InChI=1S/C14H18N2O5/c1-3-15-14(19)16-13(18)12(21-11(17)9-20-2)10-7-5-4-6-8-10/h4-8,12H,3,9H2,1-2H3,(H2,15,16,18,19)/t12-/m1/s1. The van der Waals surface area contributed by atoms with Crippen molar-refractivity contribution in [2.75, 3.05) is 20.3 Å². The van der Waals surface area contributed by atoms with E-state index in [1.807, 2.05) is 0 Å². The van der Waals surface area contributed by atoms with Gasteiger partial charge in [-0.15, -0.1) is 0 Å². The Balaban J connectivity index is 2.83. The molecule has 0 fully saturated rings. The Labute approximate surface area is 122 Å². The molecule has 1 aromatic carbocycles. The first-order chi connectivity index (χ1) is 10.1. The lowest BCUT2D eigenvalue weighted by Crippen LogP contribution is -2.42. The predicted octanol–water partition coefficient (Wildman–Crippen LogP) is 0.763. The number of hydrogen-bond acceptors (Lipinski definition) is 5. The lowest BCUT2D eigenvalue weighted by Gasteiger charge is -2.17. The molecule has 114 valence electrons. The second kappa shape index (κ2) is 8.70. The van der Waals surface area contributed by atoms with Crippen LogP contribution in [0.4, 0.5) is 4.79 Å². The first-order valence-electron chi connectivity index (χ1n) is 6.40. The Morgan fingerprint density at radius 3 is 2.43 bits per heavy atom. The highest BCUT2D eigenvalue weighted by molar-refractivity contribution is 5.97. The molecule has 7 nitrogen and oxygen atoms in total. The van der Waals surface area contributed by atoms with Crippen LogP contribution in [-0.4, -0.2) is 38.2 Å². The van der Waals surface area contributed by atoms with Crippen LogP contribution in [0.2, 0.25) is 0 Å². The molecule has 3 amide bonds. The van der Waals surface area contributed by atoms with E-state index in [0.717, 1.165) is 0 Å². The number of carbonyl (C=O) groups is 3. The SMILES string of the molecule is CCNC(=O)NC(=O)[C@H](OC(=O)COC)c1ccccc1. The number of benzene rings is 1. The molecule has 0 aromatic heterocycles. The molecular weight excluding hydrogens is 276 g/mol. The Kier molecular flexibility index (Phi) is 6.90. The molecule has 2 N–H and O–H groups in total. The van der Waals surface area contributed by atoms with E-state index in [0.29, 0.717) is 12.1 Å². The summed E-state index contributed by atoms with van der Waals surface area (Å²) < 4.78 is 9.72. The summed E-state index contributed by atoms with van der Waals surface area (Å²) in [6, 6.07) is 7.77. The van der Waals surface area contributed by atoms with Gasteiger partial charge in [0.2, 0.25) is 6.10 Å². The molecular formula is C14H18N2O5. The predicted molar refractivity (Wildman–Crippen MR) is 74.4 cm³/mol. The van der Waals surface area contributed by atoms with Crippen molar-refractivity contribution in [1.29, 1.82) is 0 Å². The smallest absolute Gasteiger partial charge is 0.333 e. The van der Waals surface area contributed by atoms with Crippen LogP contribution in [-0.2, 0) is 19.1 Å². The van der Waals surface area contributed by atoms with Gasteiger partial charge in [0.25, 0.3) is 5.91 Å². The lowest BCUT2D eigenvalue weighted by atomic mass is 10.1. The van der Waals surface area contributed by atoms with Crippen molar-refractivity contribution in [2.45, 2.75) is 13.0 Å². The fourth-order valence-corrected chi connectivity index (χ4v) is 1.57. The molecule has 0 aliphatic heterocycles. The summed E-state index contributed by atoms with van der Waals surface area (Å²) in [5.74, 6) is -1.42. The van der Waals surface area contributed by atoms with Gasteiger partial charge in [0.05, 0.1) is 0 Å². The average Bonchev–Trinajstić information content (AvgIpc) is 2.46. The van der Waals surface area contributed by atoms with Crippen LogP contribution in [0.15, 0.2) is 30.3 Å². The highest BCUT2D eigenvalue weighted by Crippen LogP contribution is 2.17. The van der Waals surface area contributed by atoms with Gasteiger partial charge >= 0.3 is 12.0 Å². The van der Waals surface area contributed by atoms with Crippen LogP contribution >= 0.6 is 0 Å². The summed E-state index contributed by atoms with van der Waals surface area (Å²) >= 11 is 0. The summed E-state index contributed by atoms with van der Waals surface area (Å²) in [6.07, 6.45) is -1.21. The van der Waals surface area contributed by atoms with E-state index in [9.17, 15) is 14.4 Å². The summed E-state index contributed by atoms with van der Waals surface area (Å²) in [6.45, 7) is 1.81. The van der Waals surface area contributed by atoms with Crippen molar-refractivity contribution in [3.63, 3.8) is 0 Å². The average molecular weight is 294 g/mol. The third-order valence-electron chi connectivity index (χ3n) is 2.43. The van der Waals surface area contributed by atoms with E-state index in [4.69, 9.17) is 4.74 Å². The Hall–Kier alpha value is -2.41. The summed E-state index contributed by atoms with van der Waals surface area (Å²) in [7, 11) is 1.34. The van der Waals surface area contributed by atoms with E-state index >= 15 is 0 Å². The number of hydrogen-bond donors (Lipinski definition) is 2.